The van der Waals surface area contributed by atoms with Gasteiger partial charge in [0.1, 0.15) is 0 Å². The number of carbonyl (C=O) groups excluding carboxylic acids is 1. The maximum atomic E-state index is 12.7. The van der Waals surface area contributed by atoms with Crippen LogP contribution < -0.4 is 5.73 Å². The van der Waals surface area contributed by atoms with E-state index in [0.29, 0.717) is 26.3 Å². The number of ether oxygens (including phenoxy) is 1. The molecule has 0 saturated carbocycles. The highest BCUT2D eigenvalue weighted by molar-refractivity contribution is 5.84. The van der Waals surface area contributed by atoms with E-state index in [2.05, 4.69) is 0 Å². The van der Waals surface area contributed by atoms with E-state index in [1.165, 1.54) is 0 Å². The van der Waals surface area contributed by atoms with Gasteiger partial charge in [-0.2, -0.15) is 0 Å². The summed E-state index contributed by atoms with van der Waals surface area (Å²) in [5.41, 5.74) is 6.82. The summed E-state index contributed by atoms with van der Waals surface area (Å²) in [6, 6.07) is 9.97. The van der Waals surface area contributed by atoms with Gasteiger partial charge in [-0.05, 0) is 12.0 Å². The summed E-state index contributed by atoms with van der Waals surface area (Å²) in [7, 11) is 0. The number of nitrogens with zero attached hydrogens (tertiary/aromatic N) is 1. The summed E-state index contributed by atoms with van der Waals surface area (Å²) in [5.74, 6) is 0.0980. The van der Waals surface area contributed by atoms with E-state index in [9.17, 15) is 4.79 Å². The second-order valence-corrected chi connectivity index (χ2v) is 4.87. The van der Waals surface area contributed by atoms with Crippen LogP contribution in [0.1, 0.15) is 24.8 Å². The van der Waals surface area contributed by atoms with Gasteiger partial charge in [0.25, 0.3) is 0 Å². The molecule has 1 aliphatic rings. The molecule has 1 aromatic carbocycles. The lowest BCUT2D eigenvalue weighted by molar-refractivity contribution is -0.141. The number of hydrogen-bond acceptors (Lipinski definition) is 3. The van der Waals surface area contributed by atoms with Crippen molar-refractivity contribution in [1.82, 2.24) is 4.90 Å². The van der Waals surface area contributed by atoms with E-state index in [1.54, 1.807) is 0 Å². The number of rotatable bonds is 4. The standard InChI is InChI=1S/C15H22N2O2/c1-2-14(12-6-4-3-5-7-12)15(18)17-8-9-19-11-13(17)10-16/h3-7,13-14H,2,8-11,16H2,1H3. The zero-order chi connectivity index (χ0) is 13.7. The Kier molecular flexibility index (Phi) is 4.93. The van der Waals surface area contributed by atoms with Crippen LogP contribution in [0.2, 0.25) is 0 Å². The van der Waals surface area contributed by atoms with E-state index in [1.807, 2.05) is 42.2 Å². The van der Waals surface area contributed by atoms with Crippen LogP contribution in [0.4, 0.5) is 0 Å². The van der Waals surface area contributed by atoms with Crippen molar-refractivity contribution in [2.24, 2.45) is 5.73 Å². The van der Waals surface area contributed by atoms with E-state index in [4.69, 9.17) is 10.5 Å². The quantitative estimate of drug-likeness (QED) is 0.891. The fraction of sp³-hybridized carbons (Fsp3) is 0.533. The molecule has 4 nitrogen and oxygen atoms in total. The highest BCUT2D eigenvalue weighted by atomic mass is 16.5. The minimum absolute atomic E-state index is 0.0130. The fourth-order valence-corrected chi connectivity index (χ4v) is 2.58. The molecule has 1 heterocycles. The third kappa shape index (κ3) is 3.14. The smallest absolute Gasteiger partial charge is 0.230 e. The zero-order valence-corrected chi connectivity index (χ0v) is 11.4. The zero-order valence-electron chi connectivity index (χ0n) is 11.4. The van der Waals surface area contributed by atoms with Gasteiger partial charge in [0, 0.05) is 13.1 Å². The minimum atomic E-state index is -0.0756. The topological polar surface area (TPSA) is 55.6 Å². The molecule has 1 amide bonds. The largest absolute Gasteiger partial charge is 0.377 e. The van der Waals surface area contributed by atoms with Crippen LogP contribution >= 0.6 is 0 Å². The summed E-state index contributed by atoms with van der Waals surface area (Å²) in [6.07, 6.45) is 0.803. The van der Waals surface area contributed by atoms with E-state index >= 15 is 0 Å². The first-order valence-electron chi connectivity index (χ1n) is 6.91. The molecule has 2 atom stereocenters. The Hall–Kier alpha value is -1.39. The predicted molar refractivity (Wildman–Crippen MR) is 74.8 cm³/mol. The third-order valence-electron chi connectivity index (χ3n) is 3.69. The molecule has 2 N–H and O–H groups in total. The molecule has 19 heavy (non-hydrogen) atoms. The molecule has 0 aromatic heterocycles. The van der Waals surface area contributed by atoms with Crippen molar-refractivity contribution in [3.05, 3.63) is 35.9 Å². The van der Waals surface area contributed by atoms with E-state index in [0.717, 1.165) is 12.0 Å². The molecule has 0 bridgehead atoms. The lowest BCUT2D eigenvalue weighted by Crippen LogP contribution is -2.53. The Morgan fingerprint density at radius 2 is 2.21 bits per heavy atom. The first-order chi connectivity index (χ1) is 9.27. The van der Waals surface area contributed by atoms with Crippen molar-refractivity contribution >= 4 is 5.91 Å². The molecule has 0 aliphatic carbocycles. The molecule has 1 aliphatic heterocycles. The van der Waals surface area contributed by atoms with Gasteiger partial charge in [-0.1, -0.05) is 37.3 Å². The Morgan fingerprint density at radius 1 is 1.47 bits per heavy atom. The van der Waals surface area contributed by atoms with Crippen LogP contribution in [0.5, 0.6) is 0 Å². The number of morpholine rings is 1. The van der Waals surface area contributed by atoms with Gasteiger partial charge in [-0.25, -0.2) is 0 Å². The van der Waals surface area contributed by atoms with Crippen LogP contribution in [0.25, 0.3) is 0 Å². The van der Waals surface area contributed by atoms with Crippen LogP contribution in [-0.4, -0.2) is 43.2 Å². The molecule has 0 spiro atoms. The average molecular weight is 262 g/mol. The summed E-state index contributed by atoms with van der Waals surface area (Å²) in [6.45, 7) is 4.30. The van der Waals surface area contributed by atoms with Crippen molar-refractivity contribution in [2.75, 3.05) is 26.3 Å². The lowest BCUT2D eigenvalue weighted by atomic mass is 9.94. The van der Waals surface area contributed by atoms with E-state index < -0.39 is 0 Å². The Balaban J connectivity index is 2.16. The molecular weight excluding hydrogens is 240 g/mol. The average Bonchev–Trinajstić information content (AvgIpc) is 2.49. The molecular formula is C15H22N2O2. The summed E-state index contributed by atoms with van der Waals surface area (Å²) < 4.78 is 5.40. The van der Waals surface area contributed by atoms with Crippen LogP contribution in [0.3, 0.4) is 0 Å². The van der Waals surface area contributed by atoms with Gasteiger partial charge in [-0.15, -0.1) is 0 Å². The molecule has 2 unspecified atom stereocenters. The number of nitrogens with two attached hydrogens (primary N) is 1. The number of carbonyl (C=O) groups is 1. The molecule has 4 heteroatoms. The number of amides is 1. The van der Waals surface area contributed by atoms with Crippen molar-refractivity contribution in [1.29, 1.82) is 0 Å². The molecule has 2 rings (SSSR count). The maximum absolute atomic E-state index is 12.7. The summed E-state index contributed by atoms with van der Waals surface area (Å²) in [5, 5.41) is 0. The van der Waals surface area contributed by atoms with Gasteiger partial charge < -0.3 is 15.4 Å². The predicted octanol–water partition coefficient (Wildman–Crippen LogP) is 1.37. The molecule has 1 aromatic rings. The van der Waals surface area contributed by atoms with Gasteiger partial charge in [0.2, 0.25) is 5.91 Å². The SMILES string of the molecule is CCC(C(=O)N1CCOCC1CN)c1ccccc1. The lowest BCUT2D eigenvalue weighted by Gasteiger charge is -2.37. The Bertz CT molecular complexity index is 408. The first kappa shape index (κ1) is 14.0. The maximum Gasteiger partial charge on any atom is 0.230 e. The Morgan fingerprint density at radius 3 is 2.84 bits per heavy atom. The van der Waals surface area contributed by atoms with Gasteiger partial charge >= 0.3 is 0 Å². The first-order valence-corrected chi connectivity index (χ1v) is 6.91. The van der Waals surface area contributed by atoms with Crippen molar-refractivity contribution in [3.63, 3.8) is 0 Å². The highest BCUT2D eigenvalue weighted by Crippen LogP contribution is 2.23. The number of benzene rings is 1. The third-order valence-corrected chi connectivity index (χ3v) is 3.69. The molecule has 0 radical (unpaired) electrons. The van der Waals surface area contributed by atoms with Gasteiger partial charge in [0.05, 0.1) is 25.2 Å². The minimum Gasteiger partial charge on any atom is -0.377 e. The van der Waals surface area contributed by atoms with Crippen LogP contribution in [-0.2, 0) is 9.53 Å². The normalized spacial score (nSPS) is 21.2. The number of hydrogen-bond donors (Lipinski definition) is 1. The molecule has 1 saturated heterocycles. The van der Waals surface area contributed by atoms with Gasteiger partial charge in [0.15, 0.2) is 0 Å². The summed E-state index contributed by atoms with van der Waals surface area (Å²) >= 11 is 0. The van der Waals surface area contributed by atoms with Crippen molar-refractivity contribution < 1.29 is 9.53 Å². The van der Waals surface area contributed by atoms with Gasteiger partial charge in [-0.3, -0.25) is 4.79 Å². The second-order valence-electron chi connectivity index (χ2n) is 4.87. The van der Waals surface area contributed by atoms with Crippen molar-refractivity contribution in [2.45, 2.75) is 25.3 Å². The van der Waals surface area contributed by atoms with Crippen LogP contribution in [0, 0.1) is 0 Å². The Labute approximate surface area is 114 Å². The summed E-state index contributed by atoms with van der Waals surface area (Å²) in [4.78, 5) is 14.6. The monoisotopic (exact) mass is 262 g/mol. The second kappa shape index (κ2) is 6.68. The molecule has 104 valence electrons. The van der Waals surface area contributed by atoms with Crippen molar-refractivity contribution in [3.8, 4) is 0 Å². The van der Waals surface area contributed by atoms with Crippen LogP contribution in [0.15, 0.2) is 30.3 Å². The molecule has 1 fully saturated rings. The fourth-order valence-electron chi connectivity index (χ4n) is 2.58. The van der Waals surface area contributed by atoms with E-state index in [-0.39, 0.29) is 17.9 Å². The highest BCUT2D eigenvalue weighted by Gasteiger charge is 2.31.